The van der Waals surface area contributed by atoms with Crippen molar-refractivity contribution in [3.05, 3.63) is 53.6 Å². The van der Waals surface area contributed by atoms with Crippen LogP contribution in [0.15, 0.2) is 47.5 Å². The van der Waals surface area contributed by atoms with Gasteiger partial charge in [-0.15, -0.1) is 0 Å². The summed E-state index contributed by atoms with van der Waals surface area (Å²) in [5.74, 6) is 0.559. The highest BCUT2D eigenvalue weighted by Crippen LogP contribution is 2.48. The molecule has 2 aliphatic rings. The zero-order chi connectivity index (χ0) is 17.1. The number of amides is 1. The predicted octanol–water partition coefficient (Wildman–Crippen LogP) is 4.15. The fourth-order valence-electron chi connectivity index (χ4n) is 4.01. The Bertz CT molecular complexity index is 866. The number of rotatable bonds is 1. The van der Waals surface area contributed by atoms with Crippen LogP contribution in [0.3, 0.4) is 0 Å². The van der Waals surface area contributed by atoms with E-state index in [0.29, 0.717) is 17.3 Å². The molecule has 0 aliphatic carbocycles. The van der Waals surface area contributed by atoms with Crippen molar-refractivity contribution >= 4 is 23.0 Å². The molecule has 0 aromatic heterocycles. The van der Waals surface area contributed by atoms with Crippen molar-refractivity contribution < 1.29 is 9.90 Å². The van der Waals surface area contributed by atoms with Crippen LogP contribution in [0.25, 0.3) is 0 Å². The molecule has 1 amide bonds. The molecule has 4 nitrogen and oxygen atoms in total. The Morgan fingerprint density at radius 3 is 2.58 bits per heavy atom. The second-order valence-electron chi connectivity index (χ2n) is 7.28. The quantitative estimate of drug-likeness (QED) is 0.858. The number of carbonyl (C=O) groups is 1. The Balaban J connectivity index is 1.92. The summed E-state index contributed by atoms with van der Waals surface area (Å²) < 4.78 is 0. The van der Waals surface area contributed by atoms with Gasteiger partial charge in [0, 0.05) is 11.1 Å². The number of hydrogen-bond donors (Lipinski definition) is 1. The fraction of sp³-hybridized carbons (Fsp3) is 0.300. The molecule has 0 fully saturated rings. The van der Waals surface area contributed by atoms with Crippen LogP contribution in [-0.4, -0.2) is 22.3 Å². The standard InChI is InChI=1S/C20H20N2O2/c1-12-11-20(2,3)22-18-15(12)5-4-6-16(18)17(19(22)24)21-13-7-9-14(23)10-8-13/h4-10,12,23H,11H2,1-3H3/t12-/m1/s1. The number of aliphatic imine (C=N–C) groups is 1. The molecule has 2 aromatic rings. The number of hydrogen-bond acceptors (Lipinski definition) is 3. The summed E-state index contributed by atoms with van der Waals surface area (Å²) in [4.78, 5) is 19.6. The number of anilines is 1. The van der Waals surface area contributed by atoms with Crippen molar-refractivity contribution in [3.63, 3.8) is 0 Å². The number of phenols is 1. The highest BCUT2D eigenvalue weighted by molar-refractivity contribution is 6.55. The molecule has 0 saturated heterocycles. The molecule has 0 spiro atoms. The minimum Gasteiger partial charge on any atom is -0.508 e. The van der Waals surface area contributed by atoms with E-state index in [4.69, 9.17) is 0 Å². The predicted molar refractivity (Wildman–Crippen MR) is 95.3 cm³/mol. The van der Waals surface area contributed by atoms with Crippen molar-refractivity contribution in [2.24, 2.45) is 4.99 Å². The highest BCUT2D eigenvalue weighted by Gasteiger charge is 2.47. The van der Waals surface area contributed by atoms with Gasteiger partial charge >= 0.3 is 0 Å². The minimum atomic E-state index is -0.230. The molecule has 24 heavy (non-hydrogen) atoms. The maximum absolute atomic E-state index is 13.1. The lowest BCUT2D eigenvalue weighted by molar-refractivity contribution is -0.113. The lowest BCUT2D eigenvalue weighted by atomic mass is 9.80. The molecule has 4 heteroatoms. The molecular formula is C20H20N2O2. The Labute approximate surface area is 141 Å². The second-order valence-corrected chi connectivity index (χ2v) is 7.28. The molecule has 4 rings (SSSR count). The first-order chi connectivity index (χ1) is 11.4. The molecule has 0 unspecified atom stereocenters. The molecule has 1 N–H and O–H groups in total. The van der Waals surface area contributed by atoms with E-state index in [1.54, 1.807) is 24.3 Å². The molecule has 1 atom stereocenters. The summed E-state index contributed by atoms with van der Waals surface area (Å²) >= 11 is 0. The third kappa shape index (κ3) is 2.06. The van der Waals surface area contributed by atoms with Gasteiger partial charge in [0.15, 0.2) is 0 Å². The van der Waals surface area contributed by atoms with E-state index in [0.717, 1.165) is 17.7 Å². The van der Waals surface area contributed by atoms with Crippen LogP contribution >= 0.6 is 0 Å². The van der Waals surface area contributed by atoms with Gasteiger partial charge in [-0.3, -0.25) is 4.79 Å². The van der Waals surface area contributed by atoms with Gasteiger partial charge in [-0.25, -0.2) is 4.99 Å². The molecule has 0 radical (unpaired) electrons. The van der Waals surface area contributed by atoms with Crippen molar-refractivity contribution in [2.45, 2.75) is 38.6 Å². The first-order valence-corrected chi connectivity index (χ1v) is 8.24. The molecule has 2 aromatic carbocycles. The Kier molecular flexibility index (Phi) is 3.07. The summed E-state index contributed by atoms with van der Waals surface area (Å²) in [7, 11) is 0. The van der Waals surface area contributed by atoms with Crippen molar-refractivity contribution in [1.82, 2.24) is 0 Å². The van der Waals surface area contributed by atoms with Crippen LogP contribution < -0.4 is 4.90 Å². The van der Waals surface area contributed by atoms with E-state index in [1.165, 1.54) is 5.56 Å². The number of carbonyl (C=O) groups excluding carboxylic acids is 1. The third-order valence-corrected chi connectivity index (χ3v) is 4.98. The summed E-state index contributed by atoms with van der Waals surface area (Å²) in [6, 6.07) is 12.7. The van der Waals surface area contributed by atoms with E-state index in [2.05, 4.69) is 31.8 Å². The Hall–Kier alpha value is -2.62. The number of para-hydroxylation sites is 1. The maximum Gasteiger partial charge on any atom is 0.278 e. The normalized spacial score (nSPS) is 22.8. The number of phenolic OH excluding ortho intramolecular Hbond substituents is 1. The summed E-state index contributed by atoms with van der Waals surface area (Å²) in [6.07, 6.45) is 0.932. The van der Waals surface area contributed by atoms with E-state index in [1.807, 2.05) is 17.0 Å². The van der Waals surface area contributed by atoms with Gasteiger partial charge in [0.05, 0.1) is 11.4 Å². The monoisotopic (exact) mass is 320 g/mol. The fourth-order valence-corrected chi connectivity index (χ4v) is 4.01. The van der Waals surface area contributed by atoms with Gasteiger partial charge in [-0.2, -0.15) is 0 Å². The smallest absolute Gasteiger partial charge is 0.278 e. The molecule has 0 bridgehead atoms. The van der Waals surface area contributed by atoms with Crippen LogP contribution in [0.4, 0.5) is 11.4 Å². The topological polar surface area (TPSA) is 52.9 Å². The summed E-state index contributed by atoms with van der Waals surface area (Å²) in [6.45, 7) is 6.45. The average Bonchev–Trinajstić information content (AvgIpc) is 2.81. The maximum atomic E-state index is 13.1. The van der Waals surface area contributed by atoms with Gasteiger partial charge in [-0.1, -0.05) is 25.1 Å². The van der Waals surface area contributed by atoms with Crippen LogP contribution in [0.5, 0.6) is 5.75 Å². The van der Waals surface area contributed by atoms with Gasteiger partial charge in [0.2, 0.25) is 0 Å². The van der Waals surface area contributed by atoms with E-state index in [9.17, 15) is 9.90 Å². The van der Waals surface area contributed by atoms with Crippen molar-refractivity contribution in [3.8, 4) is 5.75 Å². The molecule has 2 aliphatic heterocycles. The average molecular weight is 320 g/mol. The Morgan fingerprint density at radius 1 is 1.17 bits per heavy atom. The van der Waals surface area contributed by atoms with E-state index in [-0.39, 0.29) is 17.2 Å². The second kappa shape index (κ2) is 4.94. The zero-order valence-corrected chi connectivity index (χ0v) is 14.1. The highest BCUT2D eigenvalue weighted by atomic mass is 16.3. The van der Waals surface area contributed by atoms with Crippen LogP contribution in [0.2, 0.25) is 0 Å². The van der Waals surface area contributed by atoms with Gasteiger partial charge < -0.3 is 10.0 Å². The van der Waals surface area contributed by atoms with Crippen LogP contribution in [0, 0.1) is 0 Å². The summed E-state index contributed by atoms with van der Waals surface area (Å²) in [5, 5.41) is 9.43. The lowest BCUT2D eigenvalue weighted by Gasteiger charge is -2.43. The first kappa shape index (κ1) is 14.9. The summed E-state index contributed by atoms with van der Waals surface area (Å²) in [5.41, 5.74) is 4.07. The zero-order valence-electron chi connectivity index (χ0n) is 14.1. The van der Waals surface area contributed by atoms with Gasteiger partial charge in [0.25, 0.3) is 5.91 Å². The Morgan fingerprint density at radius 2 is 1.88 bits per heavy atom. The molecular weight excluding hydrogens is 300 g/mol. The van der Waals surface area contributed by atoms with Crippen molar-refractivity contribution in [2.75, 3.05) is 4.90 Å². The first-order valence-electron chi connectivity index (χ1n) is 8.24. The van der Waals surface area contributed by atoms with Gasteiger partial charge in [-0.05, 0) is 56.0 Å². The third-order valence-electron chi connectivity index (χ3n) is 4.98. The molecule has 2 heterocycles. The number of benzene rings is 2. The minimum absolute atomic E-state index is 0.0394. The van der Waals surface area contributed by atoms with E-state index < -0.39 is 0 Å². The molecule has 0 saturated carbocycles. The largest absolute Gasteiger partial charge is 0.508 e. The lowest BCUT2D eigenvalue weighted by Crippen LogP contribution is -2.50. The SMILES string of the molecule is C[C@@H]1CC(C)(C)N2C(=O)C(=Nc3ccc(O)cc3)c3cccc1c32. The van der Waals surface area contributed by atoms with E-state index >= 15 is 0 Å². The van der Waals surface area contributed by atoms with Gasteiger partial charge in [0.1, 0.15) is 11.5 Å². The van der Waals surface area contributed by atoms with Crippen LogP contribution in [-0.2, 0) is 4.79 Å². The number of aromatic hydroxyl groups is 1. The molecule has 122 valence electrons. The number of nitrogens with zero attached hydrogens (tertiary/aromatic N) is 2. The van der Waals surface area contributed by atoms with Crippen molar-refractivity contribution in [1.29, 1.82) is 0 Å². The van der Waals surface area contributed by atoms with Crippen LogP contribution in [0.1, 0.15) is 44.2 Å².